The van der Waals surface area contributed by atoms with Crippen LogP contribution in [-0.2, 0) is 9.59 Å². The summed E-state index contributed by atoms with van der Waals surface area (Å²) in [5, 5.41) is 15.2. The molecule has 0 aliphatic carbocycles. The third kappa shape index (κ3) is 6.14. The number of benzene rings is 1. The zero-order valence-electron chi connectivity index (χ0n) is 12.2. The molecule has 0 radical (unpaired) electrons. The highest BCUT2D eigenvalue weighted by Crippen LogP contribution is 2.19. The van der Waals surface area contributed by atoms with Crippen LogP contribution in [0.3, 0.4) is 0 Å². The first-order chi connectivity index (χ1) is 9.96. The molecule has 0 spiro atoms. The maximum absolute atomic E-state index is 12.0. The first-order valence-electron chi connectivity index (χ1n) is 6.89. The highest BCUT2D eigenvalue weighted by atomic mass is 35.5. The summed E-state index contributed by atoms with van der Waals surface area (Å²) in [5.41, 5.74) is 0.807. The van der Waals surface area contributed by atoms with Crippen molar-refractivity contribution < 1.29 is 14.7 Å². The standard InChI is InChI=1S/C15H21ClN2O3/c1-3-13(9-19)18-15(21)8-14(17-10(2)20)11-4-6-12(16)7-5-11/h4-7,13-14,19H,3,8-9H2,1-2H3,(H,17,20)(H,18,21). The SMILES string of the molecule is CCC(CO)NC(=O)CC(NC(C)=O)c1ccc(Cl)cc1. The second-order valence-electron chi connectivity index (χ2n) is 4.86. The fraction of sp³-hybridized carbons (Fsp3) is 0.467. The lowest BCUT2D eigenvalue weighted by molar-refractivity contribution is -0.123. The zero-order chi connectivity index (χ0) is 15.8. The Hall–Kier alpha value is -1.59. The molecule has 0 aromatic heterocycles. The molecule has 5 nitrogen and oxygen atoms in total. The number of halogens is 1. The molecule has 1 rings (SSSR count). The summed E-state index contributed by atoms with van der Waals surface area (Å²) in [6.07, 6.45) is 0.756. The van der Waals surface area contributed by atoms with Crippen LogP contribution in [0, 0.1) is 0 Å². The lowest BCUT2D eigenvalue weighted by Crippen LogP contribution is -2.39. The molecule has 0 aliphatic rings. The average Bonchev–Trinajstić information content (AvgIpc) is 2.44. The molecule has 0 saturated heterocycles. The van der Waals surface area contributed by atoms with E-state index in [1.165, 1.54) is 6.92 Å². The molecule has 2 atom stereocenters. The molecule has 6 heteroatoms. The molecule has 21 heavy (non-hydrogen) atoms. The minimum atomic E-state index is -0.420. The molecule has 2 unspecified atom stereocenters. The Kier molecular flexibility index (Phi) is 7.19. The normalized spacial score (nSPS) is 13.3. The van der Waals surface area contributed by atoms with Gasteiger partial charge in [-0.2, -0.15) is 0 Å². The molecule has 0 saturated carbocycles. The molecule has 0 heterocycles. The number of aliphatic hydroxyl groups is 1. The van der Waals surface area contributed by atoms with Gasteiger partial charge in [0.2, 0.25) is 11.8 Å². The van der Waals surface area contributed by atoms with Gasteiger partial charge in [0.25, 0.3) is 0 Å². The summed E-state index contributed by atoms with van der Waals surface area (Å²) in [6.45, 7) is 3.18. The van der Waals surface area contributed by atoms with Crippen molar-refractivity contribution in [1.29, 1.82) is 0 Å². The summed E-state index contributed by atoms with van der Waals surface area (Å²) < 4.78 is 0. The maximum Gasteiger partial charge on any atom is 0.222 e. The van der Waals surface area contributed by atoms with Gasteiger partial charge >= 0.3 is 0 Å². The molecule has 1 aromatic carbocycles. The Labute approximate surface area is 129 Å². The van der Waals surface area contributed by atoms with Gasteiger partial charge in [-0.05, 0) is 24.1 Å². The third-order valence-corrected chi connectivity index (χ3v) is 3.37. The van der Waals surface area contributed by atoms with Crippen molar-refractivity contribution in [2.75, 3.05) is 6.61 Å². The molecule has 0 aliphatic heterocycles. The highest BCUT2D eigenvalue weighted by molar-refractivity contribution is 6.30. The van der Waals surface area contributed by atoms with Crippen LogP contribution in [-0.4, -0.2) is 29.6 Å². The lowest BCUT2D eigenvalue weighted by Gasteiger charge is -2.20. The zero-order valence-corrected chi connectivity index (χ0v) is 13.0. The lowest BCUT2D eigenvalue weighted by atomic mass is 10.0. The van der Waals surface area contributed by atoms with Gasteiger partial charge in [0.15, 0.2) is 0 Å². The van der Waals surface area contributed by atoms with Crippen LogP contribution in [0.5, 0.6) is 0 Å². The highest BCUT2D eigenvalue weighted by Gasteiger charge is 2.18. The number of amides is 2. The van der Waals surface area contributed by atoms with E-state index in [9.17, 15) is 9.59 Å². The van der Waals surface area contributed by atoms with Crippen molar-refractivity contribution in [2.45, 2.75) is 38.8 Å². The fourth-order valence-electron chi connectivity index (χ4n) is 1.94. The third-order valence-electron chi connectivity index (χ3n) is 3.12. The van der Waals surface area contributed by atoms with E-state index >= 15 is 0 Å². The fourth-order valence-corrected chi connectivity index (χ4v) is 2.07. The second-order valence-corrected chi connectivity index (χ2v) is 5.30. The Morgan fingerprint density at radius 3 is 2.33 bits per heavy atom. The van der Waals surface area contributed by atoms with Crippen LogP contribution in [0.1, 0.15) is 38.3 Å². The van der Waals surface area contributed by atoms with E-state index in [2.05, 4.69) is 10.6 Å². The van der Waals surface area contributed by atoms with Crippen LogP contribution in [0.2, 0.25) is 5.02 Å². The van der Waals surface area contributed by atoms with Gasteiger partial charge in [-0.1, -0.05) is 30.7 Å². The second kappa shape index (κ2) is 8.64. The first kappa shape index (κ1) is 17.5. The van der Waals surface area contributed by atoms with E-state index in [0.717, 1.165) is 5.56 Å². The van der Waals surface area contributed by atoms with Crippen molar-refractivity contribution in [3.8, 4) is 0 Å². The number of nitrogens with one attached hydrogen (secondary N) is 2. The minimum Gasteiger partial charge on any atom is -0.394 e. The Bertz CT molecular complexity index is 472. The van der Waals surface area contributed by atoms with Crippen molar-refractivity contribution >= 4 is 23.4 Å². The van der Waals surface area contributed by atoms with Crippen molar-refractivity contribution in [3.63, 3.8) is 0 Å². The number of hydrogen-bond acceptors (Lipinski definition) is 3. The molecule has 0 fully saturated rings. The summed E-state index contributed by atoms with van der Waals surface area (Å²) in [7, 11) is 0. The average molecular weight is 313 g/mol. The van der Waals surface area contributed by atoms with E-state index < -0.39 is 6.04 Å². The number of carbonyl (C=O) groups excluding carboxylic acids is 2. The molecule has 0 bridgehead atoms. The van der Waals surface area contributed by atoms with Gasteiger partial charge < -0.3 is 15.7 Å². The van der Waals surface area contributed by atoms with Gasteiger partial charge in [-0.25, -0.2) is 0 Å². The molecule has 116 valence electrons. The molecule has 3 N–H and O–H groups in total. The van der Waals surface area contributed by atoms with Crippen molar-refractivity contribution in [3.05, 3.63) is 34.9 Å². The van der Waals surface area contributed by atoms with Crippen LogP contribution in [0.25, 0.3) is 0 Å². The Morgan fingerprint density at radius 1 is 1.24 bits per heavy atom. The Morgan fingerprint density at radius 2 is 1.86 bits per heavy atom. The first-order valence-corrected chi connectivity index (χ1v) is 7.26. The van der Waals surface area contributed by atoms with Gasteiger partial charge in [-0.3, -0.25) is 9.59 Å². The van der Waals surface area contributed by atoms with Crippen molar-refractivity contribution in [1.82, 2.24) is 10.6 Å². The molecular formula is C15H21ClN2O3. The smallest absolute Gasteiger partial charge is 0.222 e. The van der Waals surface area contributed by atoms with Crippen molar-refractivity contribution in [2.24, 2.45) is 0 Å². The van der Waals surface area contributed by atoms with E-state index in [0.29, 0.717) is 11.4 Å². The topological polar surface area (TPSA) is 78.4 Å². The quantitative estimate of drug-likeness (QED) is 0.718. The monoisotopic (exact) mass is 312 g/mol. The number of rotatable bonds is 7. The van der Waals surface area contributed by atoms with Crippen LogP contribution >= 0.6 is 11.6 Å². The molecular weight excluding hydrogens is 292 g/mol. The largest absolute Gasteiger partial charge is 0.394 e. The van der Waals surface area contributed by atoms with Gasteiger partial charge in [0.1, 0.15) is 0 Å². The molecule has 2 amide bonds. The number of hydrogen-bond donors (Lipinski definition) is 3. The van der Waals surface area contributed by atoms with E-state index in [4.69, 9.17) is 16.7 Å². The molecule has 1 aromatic rings. The summed E-state index contributed by atoms with van der Waals surface area (Å²) in [5.74, 6) is -0.429. The predicted molar refractivity (Wildman–Crippen MR) is 81.9 cm³/mol. The van der Waals surface area contributed by atoms with Crippen LogP contribution in [0.4, 0.5) is 0 Å². The summed E-state index contributed by atoms with van der Waals surface area (Å²) >= 11 is 5.84. The van der Waals surface area contributed by atoms with Gasteiger partial charge in [0.05, 0.1) is 25.1 Å². The minimum absolute atomic E-state index is 0.103. The van der Waals surface area contributed by atoms with Gasteiger partial charge in [0, 0.05) is 11.9 Å². The van der Waals surface area contributed by atoms with Gasteiger partial charge in [-0.15, -0.1) is 0 Å². The number of aliphatic hydroxyl groups excluding tert-OH is 1. The van der Waals surface area contributed by atoms with E-state index in [1.54, 1.807) is 24.3 Å². The Balaban J connectivity index is 2.76. The van der Waals surface area contributed by atoms with Crippen LogP contribution in [0.15, 0.2) is 24.3 Å². The van der Waals surface area contributed by atoms with E-state index in [1.807, 2.05) is 6.92 Å². The number of carbonyl (C=O) groups is 2. The summed E-state index contributed by atoms with van der Waals surface area (Å²) in [4.78, 5) is 23.3. The van der Waals surface area contributed by atoms with Crippen LogP contribution < -0.4 is 10.6 Å². The maximum atomic E-state index is 12.0. The predicted octanol–water partition coefficient (Wildman–Crippen LogP) is 1.79. The van der Waals surface area contributed by atoms with E-state index in [-0.39, 0.29) is 30.9 Å². The summed E-state index contributed by atoms with van der Waals surface area (Å²) in [6, 6.07) is 6.30.